The predicted molar refractivity (Wildman–Crippen MR) is 104 cm³/mol. The van der Waals surface area contributed by atoms with Crippen molar-refractivity contribution in [3.05, 3.63) is 97.1 Å². The molecule has 0 aromatic carbocycles. The molecule has 1 heteroatoms. The molecule has 1 aliphatic rings. The highest BCUT2D eigenvalue weighted by molar-refractivity contribution is 5.37. The molecule has 1 rings (SSSR count). The lowest BCUT2D eigenvalue weighted by atomic mass is 9.95. The zero-order valence-electron chi connectivity index (χ0n) is 14.9. The molecule has 0 N–H and O–H groups in total. The summed E-state index contributed by atoms with van der Waals surface area (Å²) >= 11 is 0. The quantitative estimate of drug-likeness (QED) is 0.541. The Morgan fingerprint density at radius 2 is 1.39 bits per heavy atom. The van der Waals surface area contributed by atoms with Gasteiger partial charge in [0.05, 0.1) is 0 Å². The molecule has 1 aliphatic heterocycles. The van der Waals surface area contributed by atoms with Gasteiger partial charge in [-0.3, -0.25) is 0 Å². The summed E-state index contributed by atoms with van der Waals surface area (Å²) in [5.74, 6) is 0.985. The molecular weight excluding hydrogens is 278 g/mol. The second kappa shape index (κ2) is 9.68. The third-order valence-corrected chi connectivity index (χ3v) is 3.92. The van der Waals surface area contributed by atoms with Gasteiger partial charge in [0.1, 0.15) is 0 Å². The van der Waals surface area contributed by atoms with Gasteiger partial charge in [-0.2, -0.15) is 0 Å². The van der Waals surface area contributed by atoms with Gasteiger partial charge in [0, 0.05) is 17.1 Å². The molecule has 122 valence electrons. The van der Waals surface area contributed by atoms with Crippen LogP contribution in [0.15, 0.2) is 97.1 Å². The van der Waals surface area contributed by atoms with Crippen molar-refractivity contribution < 1.29 is 0 Å². The zero-order chi connectivity index (χ0) is 17.2. The van der Waals surface area contributed by atoms with E-state index in [0.717, 1.165) is 17.1 Å². The maximum Gasteiger partial charge on any atom is 0.0415 e. The van der Waals surface area contributed by atoms with Crippen LogP contribution in [0.1, 0.15) is 27.7 Å². The summed E-state index contributed by atoms with van der Waals surface area (Å²) in [6, 6.07) is 0. The van der Waals surface area contributed by atoms with E-state index in [1.807, 2.05) is 44.2 Å². The molecule has 1 heterocycles. The van der Waals surface area contributed by atoms with Crippen LogP contribution in [0.5, 0.6) is 0 Å². The minimum absolute atomic E-state index is 0.492. The van der Waals surface area contributed by atoms with Crippen LogP contribution in [0.3, 0.4) is 0 Å². The third-order valence-electron chi connectivity index (χ3n) is 3.92. The molecule has 0 aromatic heterocycles. The summed E-state index contributed by atoms with van der Waals surface area (Å²) < 4.78 is 0. The molecule has 0 saturated carbocycles. The maximum atomic E-state index is 4.20. The first-order valence-corrected chi connectivity index (χ1v) is 8.18. The van der Waals surface area contributed by atoms with Gasteiger partial charge in [-0.15, -0.1) is 0 Å². The molecule has 0 aliphatic carbocycles. The van der Waals surface area contributed by atoms with Crippen molar-refractivity contribution in [3.63, 3.8) is 0 Å². The Hall–Kier alpha value is -2.28. The van der Waals surface area contributed by atoms with Gasteiger partial charge in [0.25, 0.3) is 0 Å². The fourth-order valence-electron chi connectivity index (χ4n) is 2.30. The van der Waals surface area contributed by atoms with E-state index in [2.05, 4.69) is 68.4 Å². The van der Waals surface area contributed by atoms with Gasteiger partial charge < -0.3 is 4.90 Å². The standard InChI is InChI=1S/C22H29N/c1-7-13-22(8-2)23-20(5)16-11-9-14-18(3)19(4)15-10-12-17-21(23)6/h7-19H,5-6H2,1-4H3/b13-7-,14-9-,15-10-,16-11-,17-12-,22-8+. The van der Waals surface area contributed by atoms with Crippen LogP contribution in [0.25, 0.3) is 0 Å². The van der Waals surface area contributed by atoms with E-state index in [-0.39, 0.29) is 0 Å². The highest BCUT2D eigenvalue weighted by Gasteiger charge is 2.11. The maximum absolute atomic E-state index is 4.20. The molecule has 0 aromatic rings. The van der Waals surface area contributed by atoms with E-state index in [0.29, 0.717) is 11.8 Å². The Labute approximate surface area is 142 Å². The largest absolute Gasteiger partial charge is 0.312 e. The Kier molecular flexibility index (Phi) is 7.90. The van der Waals surface area contributed by atoms with Crippen molar-refractivity contribution in [1.29, 1.82) is 0 Å². The predicted octanol–water partition coefficient (Wildman–Crippen LogP) is 6.31. The first kappa shape index (κ1) is 18.8. The Balaban J connectivity index is 3.24. The monoisotopic (exact) mass is 307 g/mol. The van der Waals surface area contributed by atoms with Crippen LogP contribution in [0.4, 0.5) is 0 Å². The molecule has 2 unspecified atom stereocenters. The van der Waals surface area contributed by atoms with Crippen molar-refractivity contribution >= 4 is 0 Å². The molecule has 2 atom stereocenters. The fourth-order valence-corrected chi connectivity index (χ4v) is 2.30. The summed E-state index contributed by atoms with van der Waals surface area (Å²) in [6.07, 6.45) is 22.9. The van der Waals surface area contributed by atoms with Crippen LogP contribution in [0.2, 0.25) is 0 Å². The molecule has 0 radical (unpaired) electrons. The summed E-state index contributed by atoms with van der Waals surface area (Å²) in [5.41, 5.74) is 2.83. The first-order valence-electron chi connectivity index (χ1n) is 8.18. The second-order valence-electron chi connectivity index (χ2n) is 5.74. The summed E-state index contributed by atoms with van der Waals surface area (Å²) in [4.78, 5) is 2.05. The van der Waals surface area contributed by atoms with Crippen molar-refractivity contribution in [2.24, 2.45) is 11.8 Å². The average Bonchev–Trinajstić information content (AvgIpc) is 2.54. The number of hydrogen-bond acceptors (Lipinski definition) is 1. The van der Waals surface area contributed by atoms with E-state index in [4.69, 9.17) is 0 Å². The molecule has 1 nitrogen and oxygen atoms in total. The average molecular weight is 307 g/mol. The lowest BCUT2D eigenvalue weighted by Gasteiger charge is -2.26. The molecule has 0 amide bonds. The van der Waals surface area contributed by atoms with Crippen LogP contribution < -0.4 is 0 Å². The van der Waals surface area contributed by atoms with E-state index in [1.165, 1.54) is 0 Å². The Bertz CT molecular complexity index is 553. The second-order valence-corrected chi connectivity index (χ2v) is 5.74. The van der Waals surface area contributed by atoms with Crippen LogP contribution in [-0.2, 0) is 0 Å². The topological polar surface area (TPSA) is 3.24 Å². The number of hydrogen-bond donors (Lipinski definition) is 0. The highest BCUT2D eigenvalue weighted by Crippen LogP contribution is 2.22. The highest BCUT2D eigenvalue weighted by atomic mass is 15.1. The van der Waals surface area contributed by atoms with Crippen molar-refractivity contribution in [1.82, 2.24) is 4.90 Å². The summed E-state index contributed by atoms with van der Waals surface area (Å²) in [7, 11) is 0. The van der Waals surface area contributed by atoms with Gasteiger partial charge in [0.2, 0.25) is 0 Å². The fraction of sp³-hybridized carbons (Fsp3) is 0.273. The van der Waals surface area contributed by atoms with Crippen LogP contribution >= 0.6 is 0 Å². The lowest BCUT2D eigenvalue weighted by Crippen LogP contribution is -2.17. The molecule has 0 saturated heterocycles. The number of rotatable bonds is 2. The van der Waals surface area contributed by atoms with Gasteiger partial charge >= 0.3 is 0 Å². The molecule has 0 bridgehead atoms. The van der Waals surface area contributed by atoms with Crippen molar-refractivity contribution in [3.8, 4) is 0 Å². The molecule has 0 fully saturated rings. The van der Waals surface area contributed by atoms with E-state index >= 15 is 0 Å². The normalized spacial score (nSPS) is 29.6. The van der Waals surface area contributed by atoms with Crippen molar-refractivity contribution in [2.45, 2.75) is 27.7 Å². The Morgan fingerprint density at radius 3 is 1.78 bits per heavy atom. The first-order chi connectivity index (χ1) is 11.0. The van der Waals surface area contributed by atoms with Gasteiger partial charge in [-0.1, -0.05) is 75.6 Å². The van der Waals surface area contributed by atoms with E-state index in [9.17, 15) is 0 Å². The molecule has 0 spiro atoms. The Morgan fingerprint density at radius 1 is 0.913 bits per heavy atom. The van der Waals surface area contributed by atoms with E-state index in [1.54, 1.807) is 0 Å². The molecular formula is C22H29N. The van der Waals surface area contributed by atoms with Gasteiger partial charge in [0.15, 0.2) is 0 Å². The third kappa shape index (κ3) is 5.78. The number of allylic oxidation sites excluding steroid dienone is 11. The SMILES string of the molecule is C=C1/C=C\C=C/C(C)C(C)/C=C\C=C/C(=C)N1C(/C=C\C)=C/C. The van der Waals surface area contributed by atoms with Gasteiger partial charge in [-0.05, 0) is 43.9 Å². The van der Waals surface area contributed by atoms with Crippen LogP contribution in [-0.4, -0.2) is 4.90 Å². The smallest absolute Gasteiger partial charge is 0.0415 e. The number of nitrogens with zero attached hydrogens (tertiary/aromatic N) is 1. The van der Waals surface area contributed by atoms with E-state index < -0.39 is 0 Å². The zero-order valence-corrected chi connectivity index (χ0v) is 14.9. The minimum Gasteiger partial charge on any atom is -0.312 e. The van der Waals surface area contributed by atoms with Crippen molar-refractivity contribution in [2.75, 3.05) is 0 Å². The lowest BCUT2D eigenvalue weighted by molar-refractivity contribution is 0.558. The molecule has 23 heavy (non-hydrogen) atoms. The van der Waals surface area contributed by atoms with Crippen LogP contribution in [0, 0.1) is 11.8 Å². The summed E-state index contributed by atoms with van der Waals surface area (Å²) in [5, 5.41) is 0. The summed E-state index contributed by atoms with van der Waals surface area (Å²) in [6.45, 7) is 16.9. The van der Waals surface area contributed by atoms with Gasteiger partial charge in [-0.25, -0.2) is 0 Å². The minimum atomic E-state index is 0.492.